The molecule has 0 spiro atoms. The van der Waals surface area contributed by atoms with E-state index in [-0.39, 0.29) is 13.0 Å². The van der Waals surface area contributed by atoms with Gasteiger partial charge in [0.05, 0.1) is 12.2 Å². The van der Waals surface area contributed by atoms with Gasteiger partial charge in [0.25, 0.3) is 5.56 Å². The van der Waals surface area contributed by atoms with Crippen molar-refractivity contribution in [1.82, 2.24) is 14.9 Å². The minimum atomic E-state index is -0.684. The highest BCUT2D eigenvalue weighted by Gasteiger charge is 2.35. The predicted octanol–water partition coefficient (Wildman–Crippen LogP) is -1.53. The smallest absolute Gasteiger partial charge is 0.330 e. The quantitative estimate of drug-likeness (QED) is 0.473. The second kappa shape index (κ2) is 6.99. The number of aliphatic hydroxyl groups is 2. The Kier molecular flexibility index (Phi) is 5.29. The molecular weight excluding hydrogens is 278 g/mol. The Labute approximate surface area is 121 Å². The standard InChI is InChI=1S/C13H21N3O5/c1-8-7-16(13(20)15-12(8)19)11-5-9(18)10(21-11)6-14-3-2-4-17/h7,9-11,14,17-18H,2-6H2,1H3,(H,15,19,20)/t9?,10-,11-/m1/s1. The molecule has 1 unspecified atom stereocenters. The van der Waals surface area contributed by atoms with Gasteiger partial charge in [0.1, 0.15) is 6.23 Å². The lowest BCUT2D eigenvalue weighted by Gasteiger charge is -2.16. The lowest BCUT2D eigenvalue weighted by atomic mass is 10.2. The minimum Gasteiger partial charge on any atom is -0.396 e. The molecule has 0 amide bonds. The fourth-order valence-electron chi connectivity index (χ4n) is 2.32. The Bertz CT molecular complexity index is 582. The molecule has 1 aliphatic heterocycles. The molecule has 3 atom stereocenters. The van der Waals surface area contributed by atoms with Crippen LogP contribution >= 0.6 is 0 Å². The normalized spacial score (nSPS) is 25.4. The molecule has 2 heterocycles. The number of aromatic amines is 1. The zero-order valence-electron chi connectivity index (χ0n) is 11.9. The van der Waals surface area contributed by atoms with E-state index in [1.54, 1.807) is 6.92 Å². The summed E-state index contributed by atoms with van der Waals surface area (Å²) in [6.45, 7) is 2.78. The fourth-order valence-corrected chi connectivity index (χ4v) is 2.32. The van der Waals surface area contributed by atoms with Gasteiger partial charge in [0.2, 0.25) is 0 Å². The van der Waals surface area contributed by atoms with Crippen LogP contribution in [0.2, 0.25) is 0 Å². The third kappa shape index (κ3) is 3.79. The number of hydrogen-bond donors (Lipinski definition) is 4. The van der Waals surface area contributed by atoms with E-state index in [0.717, 1.165) is 0 Å². The largest absolute Gasteiger partial charge is 0.396 e. The SMILES string of the molecule is Cc1cn([C@H]2CC(O)[C@@H](CNCCCO)O2)c(=O)[nH]c1=O. The summed E-state index contributed by atoms with van der Waals surface area (Å²) in [5.74, 6) is 0. The van der Waals surface area contributed by atoms with Crippen molar-refractivity contribution < 1.29 is 14.9 Å². The molecular formula is C13H21N3O5. The Morgan fingerprint density at radius 2 is 2.29 bits per heavy atom. The van der Waals surface area contributed by atoms with Gasteiger partial charge in [-0.25, -0.2) is 4.79 Å². The van der Waals surface area contributed by atoms with Crippen LogP contribution in [0.4, 0.5) is 0 Å². The molecule has 8 nitrogen and oxygen atoms in total. The number of aromatic nitrogens is 2. The van der Waals surface area contributed by atoms with Gasteiger partial charge >= 0.3 is 5.69 Å². The summed E-state index contributed by atoms with van der Waals surface area (Å²) >= 11 is 0. The van der Waals surface area contributed by atoms with Crippen molar-refractivity contribution in [2.24, 2.45) is 0 Å². The first kappa shape index (κ1) is 15.9. The highest BCUT2D eigenvalue weighted by atomic mass is 16.5. The van der Waals surface area contributed by atoms with Crippen molar-refractivity contribution in [2.45, 2.75) is 38.2 Å². The molecule has 0 aromatic carbocycles. The molecule has 1 aliphatic rings. The van der Waals surface area contributed by atoms with Crippen molar-refractivity contribution in [2.75, 3.05) is 19.7 Å². The molecule has 0 aliphatic carbocycles. The van der Waals surface area contributed by atoms with Crippen LogP contribution in [0, 0.1) is 6.92 Å². The third-order valence-electron chi connectivity index (χ3n) is 3.52. The molecule has 0 bridgehead atoms. The van der Waals surface area contributed by atoms with Gasteiger partial charge in [-0.15, -0.1) is 0 Å². The highest BCUT2D eigenvalue weighted by molar-refractivity contribution is 5.02. The van der Waals surface area contributed by atoms with Gasteiger partial charge in [-0.1, -0.05) is 0 Å². The second-order valence-corrected chi connectivity index (χ2v) is 5.19. The number of hydrogen-bond acceptors (Lipinski definition) is 6. The number of nitrogens with one attached hydrogen (secondary N) is 2. The Morgan fingerprint density at radius 1 is 1.52 bits per heavy atom. The van der Waals surface area contributed by atoms with Crippen molar-refractivity contribution >= 4 is 0 Å². The maximum absolute atomic E-state index is 11.8. The maximum atomic E-state index is 11.8. The van der Waals surface area contributed by atoms with E-state index in [2.05, 4.69) is 10.3 Å². The molecule has 1 saturated heterocycles. The molecule has 2 rings (SSSR count). The lowest BCUT2D eigenvalue weighted by Crippen LogP contribution is -2.35. The van der Waals surface area contributed by atoms with Crippen molar-refractivity contribution in [3.05, 3.63) is 32.6 Å². The van der Waals surface area contributed by atoms with Gasteiger partial charge in [-0.05, 0) is 19.9 Å². The van der Waals surface area contributed by atoms with Gasteiger partial charge in [-0.3, -0.25) is 14.3 Å². The van der Waals surface area contributed by atoms with Crippen LogP contribution in [0.3, 0.4) is 0 Å². The average molecular weight is 299 g/mol. The molecule has 21 heavy (non-hydrogen) atoms. The van der Waals surface area contributed by atoms with E-state index >= 15 is 0 Å². The summed E-state index contributed by atoms with van der Waals surface area (Å²) in [6, 6.07) is 0. The Hall–Kier alpha value is -1.48. The number of aliphatic hydroxyl groups excluding tert-OH is 2. The van der Waals surface area contributed by atoms with E-state index in [1.807, 2.05) is 0 Å². The molecule has 118 valence electrons. The average Bonchev–Trinajstić information content (AvgIpc) is 2.80. The van der Waals surface area contributed by atoms with Gasteiger partial charge in [0.15, 0.2) is 0 Å². The first-order valence-electron chi connectivity index (χ1n) is 7.00. The number of rotatable bonds is 6. The molecule has 1 fully saturated rings. The molecule has 8 heteroatoms. The Balaban J connectivity index is 2.02. The maximum Gasteiger partial charge on any atom is 0.330 e. The predicted molar refractivity (Wildman–Crippen MR) is 75.2 cm³/mol. The molecule has 1 aromatic rings. The van der Waals surface area contributed by atoms with Gasteiger partial charge in [-0.2, -0.15) is 0 Å². The third-order valence-corrected chi connectivity index (χ3v) is 3.52. The number of nitrogens with zero attached hydrogens (tertiary/aromatic N) is 1. The van der Waals surface area contributed by atoms with E-state index in [0.29, 0.717) is 25.1 Å². The Morgan fingerprint density at radius 3 is 3.00 bits per heavy atom. The van der Waals surface area contributed by atoms with Crippen LogP contribution in [0.5, 0.6) is 0 Å². The van der Waals surface area contributed by atoms with Crippen LogP contribution in [-0.4, -0.2) is 51.7 Å². The second-order valence-electron chi connectivity index (χ2n) is 5.19. The summed E-state index contributed by atoms with van der Waals surface area (Å²) in [7, 11) is 0. The molecule has 0 saturated carbocycles. The van der Waals surface area contributed by atoms with Gasteiger partial charge < -0.3 is 20.3 Å². The van der Waals surface area contributed by atoms with Gasteiger partial charge in [0, 0.05) is 31.3 Å². The topological polar surface area (TPSA) is 117 Å². The monoisotopic (exact) mass is 299 g/mol. The molecule has 0 radical (unpaired) electrons. The first-order valence-corrected chi connectivity index (χ1v) is 7.00. The van der Waals surface area contributed by atoms with E-state index in [1.165, 1.54) is 10.8 Å². The minimum absolute atomic E-state index is 0.107. The van der Waals surface area contributed by atoms with Crippen LogP contribution in [0.15, 0.2) is 15.8 Å². The summed E-state index contributed by atoms with van der Waals surface area (Å²) in [6.07, 6.45) is 0.666. The van der Waals surface area contributed by atoms with Crippen LogP contribution in [-0.2, 0) is 4.74 Å². The van der Waals surface area contributed by atoms with E-state index in [4.69, 9.17) is 9.84 Å². The summed E-state index contributed by atoms with van der Waals surface area (Å²) in [5.41, 5.74) is -0.550. The van der Waals surface area contributed by atoms with E-state index in [9.17, 15) is 14.7 Å². The zero-order valence-corrected chi connectivity index (χ0v) is 11.9. The van der Waals surface area contributed by atoms with Crippen LogP contribution < -0.4 is 16.6 Å². The van der Waals surface area contributed by atoms with Crippen molar-refractivity contribution in [3.8, 4) is 0 Å². The van der Waals surface area contributed by atoms with Crippen molar-refractivity contribution in [1.29, 1.82) is 0 Å². The summed E-state index contributed by atoms with van der Waals surface area (Å²) in [5, 5.41) is 21.8. The number of H-pyrrole nitrogens is 1. The fraction of sp³-hybridized carbons (Fsp3) is 0.692. The van der Waals surface area contributed by atoms with Crippen LogP contribution in [0.25, 0.3) is 0 Å². The van der Waals surface area contributed by atoms with E-state index < -0.39 is 29.7 Å². The lowest BCUT2D eigenvalue weighted by molar-refractivity contribution is -0.0193. The summed E-state index contributed by atoms with van der Waals surface area (Å²) in [4.78, 5) is 25.4. The molecule has 1 aromatic heterocycles. The summed E-state index contributed by atoms with van der Waals surface area (Å²) < 4.78 is 6.98. The highest BCUT2D eigenvalue weighted by Crippen LogP contribution is 2.27. The zero-order chi connectivity index (χ0) is 15.4. The number of ether oxygens (including phenoxy) is 1. The molecule has 4 N–H and O–H groups in total. The van der Waals surface area contributed by atoms with Crippen molar-refractivity contribution in [3.63, 3.8) is 0 Å². The first-order chi connectivity index (χ1) is 10.0. The van der Waals surface area contributed by atoms with Crippen LogP contribution in [0.1, 0.15) is 24.6 Å². The number of aryl methyl sites for hydroxylation is 1.